The lowest BCUT2D eigenvalue weighted by molar-refractivity contribution is 0.340. The smallest absolute Gasteiger partial charge is 0.184 e. The highest BCUT2D eigenvalue weighted by atomic mass is 16.5. The molecular formula is C16H18N4O. The van der Waals surface area contributed by atoms with Crippen LogP contribution in [0.15, 0.2) is 36.5 Å². The fraction of sp³-hybridized carbons (Fsp3) is 0.250. The molecule has 5 nitrogen and oxygen atoms in total. The van der Waals surface area contributed by atoms with E-state index in [4.69, 9.17) is 10.5 Å². The van der Waals surface area contributed by atoms with Crippen molar-refractivity contribution in [2.24, 2.45) is 0 Å². The van der Waals surface area contributed by atoms with Crippen LogP contribution >= 0.6 is 0 Å². The van der Waals surface area contributed by atoms with Crippen LogP contribution in [0.2, 0.25) is 0 Å². The fourth-order valence-electron chi connectivity index (χ4n) is 2.38. The molecule has 0 unspecified atom stereocenters. The average molecular weight is 282 g/mol. The Labute approximate surface area is 123 Å². The third-order valence-corrected chi connectivity index (χ3v) is 3.34. The Morgan fingerprint density at radius 3 is 2.67 bits per heavy atom. The number of ether oxygens (including phenoxy) is 1. The van der Waals surface area contributed by atoms with Crippen LogP contribution in [0.4, 0.5) is 5.69 Å². The predicted octanol–water partition coefficient (Wildman–Crippen LogP) is 2.61. The van der Waals surface area contributed by atoms with Crippen LogP contribution in [-0.2, 0) is 6.42 Å². The zero-order valence-corrected chi connectivity index (χ0v) is 12.2. The van der Waals surface area contributed by atoms with E-state index in [0.717, 1.165) is 22.7 Å². The highest BCUT2D eigenvalue weighted by Crippen LogP contribution is 2.18. The van der Waals surface area contributed by atoms with Crippen LogP contribution in [0.3, 0.4) is 0 Å². The Balaban J connectivity index is 1.91. The van der Waals surface area contributed by atoms with Crippen molar-refractivity contribution in [1.82, 2.24) is 14.6 Å². The Kier molecular flexibility index (Phi) is 3.48. The first-order chi connectivity index (χ1) is 10.2. The van der Waals surface area contributed by atoms with E-state index in [1.807, 2.05) is 54.8 Å². The van der Waals surface area contributed by atoms with Gasteiger partial charge >= 0.3 is 0 Å². The number of hydrogen-bond donors (Lipinski definition) is 1. The quantitative estimate of drug-likeness (QED) is 0.799. The van der Waals surface area contributed by atoms with E-state index in [9.17, 15) is 0 Å². The molecule has 21 heavy (non-hydrogen) atoms. The molecule has 2 heterocycles. The highest BCUT2D eigenvalue weighted by molar-refractivity contribution is 5.65. The molecule has 2 N–H and O–H groups in total. The average Bonchev–Trinajstić information content (AvgIpc) is 2.85. The first-order valence-corrected chi connectivity index (χ1v) is 6.99. The molecule has 0 amide bonds. The molecule has 108 valence electrons. The zero-order chi connectivity index (χ0) is 14.8. The molecule has 0 bridgehead atoms. The number of hydrogen-bond acceptors (Lipinski definition) is 4. The minimum absolute atomic E-state index is 0.653. The number of benzene rings is 1. The predicted molar refractivity (Wildman–Crippen MR) is 82.6 cm³/mol. The van der Waals surface area contributed by atoms with E-state index >= 15 is 0 Å². The Morgan fingerprint density at radius 1 is 1.19 bits per heavy atom. The summed E-state index contributed by atoms with van der Waals surface area (Å²) in [6.07, 6.45) is 2.71. The number of fused-ring (bicyclic) bond motifs is 1. The summed E-state index contributed by atoms with van der Waals surface area (Å²) in [4.78, 5) is 0. The second kappa shape index (κ2) is 5.44. The van der Waals surface area contributed by atoms with E-state index in [0.29, 0.717) is 24.4 Å². The molecule has 0 fully saturated rings. The van der Waals surface area contributed by atoms with E-state index < -0.39 is 0 Å². The molecule has 0 aliphatic rings. The summed E-state index contributed by atoms with van der Waals surface area (Å²) in [5.74, 6) is 1.76. The lowest BCUT2D eigenvalue weighted by Crippen LogP contribution is -1.99. The van der Waals surface area contributed by atoms with Crippen molar-refractivity contribution >= 4 is 11.3 Å². The number of aryl methyl sites for hydroxylation is 1. The summed E-state index contributed by atoms with van der Waals surface area (Å²) in [6.45, 7) is 4.66. The van der Waals surface area contributed by atoms with Crippen molar-refractivity contribution in [2.75, 3.05) is 12.3 Å². The topological polar surface area (TPSA) is 65.4 Å². The highest BCUT2D eigenvalue weighted by Gasteiger charge is 2.09. The monoisotopic (exact) mass is 282 g/mol. The number of nitrogen functional groups attached to an aromatic ring is 1. The molecule has 2 aromatic heterocycles. The zero-order valence-electron chi connectivity index (χ0n) is 12.2. The van der Waals surface area contributed by atoms with E-state index in [1.165, 1.54) is 0 Å². The van der Waals surface area contributed by atoms with Crippen molar-refractivity contribution in [3.05, 3.63) is 53.5 Å². The molecule has 1 aromatic carbocycles. The van der Waals surface area contributed by atoms with Gasteiger partial charge in [0.05, 0.1) is 12.3 Å². The summed E-state index contributed by atoms with van der Waals surface area (Å²) in [5.41, 5.74) is 9.59. The van der Waals surface area contributed by atoms with Gasteiger partial charge in [0, 0.05) is 12.6 Å². The first kappa shape index (κ1) is 13.4. The molecule has 3 rings (SSSR count). The lowest BCUT2D eigenvalue weighted by atomic mass is 10.1. The maximum atomic E-state index is 5.98. The molecule has 0 atom stereocenters. The summed E-state index contributed by atoms with van der Waals surface area (Å²) >= 11 is 0. The summed E-state index contributed by atoms with van der Waals surface area (Å²) in [6, 6.07) is 9.95. The number of anilines is 1. The maximum Gasteiger partial charge on any atom is 0.184 e. The van der Waals surface area contributed by atoms with Gasteiger partial charge in [0.1, 0.15) is 11.6 Å². The van der Waals surface area contributed by atoms with Crippen LogP contribution in [0.5, 0.6) is 5.75 Å². The summed E-state index contributed by atoms with van der Waals surface area (Å²) in [5, 5.41) is 8.42. The van der Waals surface area contributed by atoms with E-state index in [1.54, 1.807) is 0 Å². The van der Waals surface area contributed by atoms with Crippen LogP contribution in [-0.4, -0.2) is 21.2 Å². The molecule has 5 heteroatoms. The number of pyridine rings is 1. The molecule has 3 aromatic rings. The SMILES string of the molecule is CCOc1ccc(Cc2nnc3c(N)cc(C)cn23)cc1. The van der Waals surface area contributed by atoms with Gasteiger partial charge in [0.2, 0.25) is 0 Å². The molecule has 0 spiro atoms. The summed E-state index contributed by atoms with van der Waals surface area (Å²) in [7, 11) is 0. The molecular weight excluding hydrogens is 264 g/mol. The molecule has 0 aliphatic carbocycles. The van der Waals surface area contributed by atoms with E-state index in [-0.39, 0.29) is 0 Å². The van der Waals surface area contributed by atoms with Crippen molar-refractivity contribution in [1.29, 1.82) is 0 Å². The van der Waals surface area contributed by atoms with Gasteiger partial charge in [-0.2, -0.15) is 0 Å². The minimum Gasteiger partial charge on any atom is -0.494 e. The largest absolute Gasteiger partial charge is 0.494 e. The third kappa shape index (κ3) is 2.67. The van der Waals surface area contributed by atoms with Crippen molar-refractivity contribution in [3.63, 3.8) is 0 Å². The van der Waals surface area contributed by atoms with Gasteiger partial charge in [-0.05, 0) is 43.2 Å². The van der Waals surface area contributed by atoms with Gasteiger partial charge in [-0.15, -0.1) is 10.2 Å². The van der Waals surface area contributed by atoms with Gasteiger partial charge in [-0.3, -0.25) is 4.40 Å². The molecule has 0 saturated heterocycles. The number of rotatable bonds is 4. The maximum absolute atomic E-state index is 5.98. The Morgan fingerprint density at radius 2 is 1.95 bits per heavy atom. The van der Waals surface area contributed by atoms with Crippen LogP contribution < -0.4 is 10.5 Å². The molecule has 0 aliphatic heterocycles. The molecule has 0 saturated carbocycles. The van der Waals surface area contributed by atoms with Crippen molar-refractivity contribution < 1.29 is 4.74 Å². The Hall–Kier alpha value is -2.56. The van der Waals surface area contributed by atoms with Crippen molar-refractivity contribution in [2.45, 2.75) is 20.3 Å². The van der Waals surface area contributed by atoms with Gasteiger partial charge in [-0.1, -0.05) is 12.1 Å². The number of aromatic nitrogens is 3. The standard InChI is InChI=1S/C16H18N4O/c1-3-21-13-6-4-12(5-7-13)9-15-18-19-16-14(17)8-11(2)10-20(15)16/h4-8,10H,3,9,17H2,1-2H3. The molecule has 0 radical (unpaired) electrons. The second-order valence-electron chi connectivity index (χ2n) is 5.04. The lowest BCUT2D eigenvalue weighted by Gasteiger charge is -2.05. The van der Waals surface area contributed by atoms with Crippen LogP contribution in [0.1, 0.15) is 23.9 Å². The minimum atomic E-state index is 0.653. The third-order valence-electron chi connectivity index (χ3n) is 3.34. The van der Waals surface area contributed by atoms with Crippen LogP contribution in [0, 0.1) is 6.92 Å². The van der Waals surface area contributed by atoms with Gasteiger partial charge in [-0.25, -0.2) is 0 Å². The Bertz CT molecular complexity index is 762. The van der Waals surface area contributed by atoms with Gasteiger partial charge < -0.3 is 10.5 Å². The number of nitrogens with zero attached hydrogens (tertiary/aromatic N) is 3. The second-order valence-corrected chi connectivity index (χ2v) is 5.04. The first-order valence-electron chi connectivity index (χ1n) is 6.99. The summed E-state index contributed by atoms with van der Waals surface area (Å²) < 4.78 is 7.41. The van der Waals surface area contributed by atoms with Gasteiger partial charge in [0.25, 0.3) is 0 Å². The van der Waals surface area contributed by atoms with Gasteiger partial charge in [0.15, 0.2) is 5.65 Å². The van der Waals surface area contributed by atoms with E-state index in [2.05, 4.69) is 10.2 Å². The number of nitrogens with two attached hydrogens (primary N) is 1. The van der Waals surface area contributed by atoms with Crippen LogP contribution in [0.25, 0.3) is 5.65 Å². The fourth-order valence-corrected chi connectivity index (χ4v) is 2.38. The normalized spacial score (nSPS) is 11.0. The van der Waals surface area contributed by atoms with Crippen molar-refractivity contribution in [3.8, 4) is 5.75 Å².